The van der Waals surface area contributed by atoms with Crippen LogP contribution in [0.5, 0.6) is 11.5 Å². The van der Waals surface area contributed by atoms with Crippen molar-refractivity contribution in [3.05, 3.63) is 18.2 Å². The highest BCUT2D eigenvalue weighted by Crippen LogP contribution is 2.32. The molecule has 0 bridgehead atoms. The summed E-state index contributed by atoms with van der Waals surface area (Å²) in [6, 6.07) is 5.65. The number of ether oxygens (including phenoxy) is 2. The molecule has 1 amide bonds. The van der Waals surface area contributed by atoms with E-state index in [9.17, 15) is 4.79 Å². The van der Waals surface area contributed by atoms with E-state index >= 15 is 0 Å². The summed E-state index contributed by atoms with van der Waals surface area (Å²) in [5.41, 5.74) is 6.83. The lowest BCUT2D eigenvalue weighted by Gasteiger charge is -2.31. The first-order valence-corrected chi connectivity index (χ1v) is 8.84. The minimum Gasteiger partial charge on any atom is -0.490 e. The third kappa shape index (κ3) is 4.78. The van der Waals surface area contributed by atoms with Gasteiger partial charge >= 0.3 is 0 Å². The zero-order valence-electron chi connectivity index (χ0n) is 14.7. The lowest BCUT2D eigenvalue weighted by molar-refractivity contribution is -0.130. The molecule has 0 saturated carbocycles. The quantitative estimate of drug-likeness (QED) is 0.644. The molecule has 25 heavy (non-hydrogen) atoms. The molecule has 136 valence electrons. The van der Waals surface area contributed by atoms with Crippen LogP contribution in [0.1, 0.15) is 26.2 Å². The number of anilines is 1. The molecular formula is C18H26N4O3. The van der Waals surface area contributed by atoms with Gasteiger partial charge in [0.1, 0.15) is 0 Å². The standard InChI is InChI=1S/C18H26N4O3/c1-13(23)22-7-2-4-14(12-22)11-20-18(19)21-15-5-6-16-17(10-15)25-9-3-8-24-16/h5-6,10,14H,2-4,7-9,11-12H2,1H3,(H3,19,20,21). The number of nitrogens with one attached hydrogen (secondary N) is 1. The van der Waals surface area contributed by atoms with Gasteiger partial charge in [-0.15, -0.1) is 0 Å². The van der Waals surface area contributed by atoms with Gasteiger partial charge in [0.2, 0.25) is 5.91 Å². The maximum absolute atomic E-state index is 11.5. The first-order chi connectivity index (χ1) is 12.1. The predicted octanol–water partition coefficient (Wildman–Crippen LogP) is 1.83. The maximum Gasteiger partial charge on any atom is 0.219 e. The summed E-state index contributed by atoms with van der Waals surface area (Å²) in [7, 11) is 0. The second kappa shape index (κ2) is 8.09. The third-order valence-electron chi connectivity index (χ3n) is 4.50. The van der Waals surface area contributed by atoms with Crippen molar-refractivity contribution in [2.45, 2.75) is 26.2 Å². The highest BCUT2D eigenvalue weighted by Gasteiger charge is 2.21. The van der Waals surface area contributed by atoms with Crippen LogP contribution in [0.3, 0.4) is 0 Å². The number of guanidine groups is 1. The van der Waals surface area contributed by atoms with Crippen molar-refractivity contribution in [2.75, 3.05) is 38.2 Å². The number of hydrogen-bond acceptors (Lipinski definition) is 4. The number of hydrogen-bond donors (Lipinski definition) is 2. The molecule has 0 spiro atoms. The summed E-state index contributed by atoms with van der Waals surface area (Å²) in [6.07, 6.45) is 2.97. The highest BCUT2D eigenvalue weighted by atomic mass is 16.5. The molecule has 1 saturated heterocycles. The molecule has 1 aromatic rings. The van der Waals surface area contributed by atoms with Crippen LogP contribution >= 0.6 is 0 Å². The second-order valence-electron chi connectivity index (χ2n) is 6.54. The molecule has 2 aliphatic heterocycles. The number of benzene rings is 1. The van der Waals surface area contributed by atoms with E-state index in [4.69, 9.17) is 15.2 Å². The van der Waals surface area contributed by atoms with Crippen LogP contribution in [-0.2, 0) is 4.79 Å². The van der Waals surface area contributed by atoms with Gasteiger partial charge in [0.15, 0.2) is 17.5 Å². The van der Waals surface area contributed by atoms with Crippen molar-refractivity contribution in [1.82, 2.24) is 4.90 Å². The summed E-state index contributed by atoms with van der Waals surface area (Å²) in [5.74, 6) is 2.34. The molecule has 7 nitrogen and oxygen atoms in total. The van der Waals surface area contributed by atoms with Crippen molar-refractivity contribution >= 4 is 17.6 Å². The predicted molar refractivity (Wildman–Crippen MR) is 97.1 cm³/mol. The van der Waals surface area contributed by atoms with Gasteiger partial charge in [0, 0.05) is 44.7 Å². The van der Waals surface area contributed by atoms with Crippen molar-refractivity contribution in [2.24, 2.45) is 16.6 Å². The van der Waals surface area contributed by atoms with E-state index in [0.29, 0.717) is 31.6 Å². The largest absolute Gasteiger partial charge is 0.490 e. The molecule has 2 heterocycles. The van der Waals surface area contributed by atoms with Gasteiger partial charge in [-0.1, -0.05) is 0 Å². The smallest absolute Gasteiger partial charge is 0.219 e. The molecule has 1 aromatic carbocycles. The number of piperidine rings is 1. The lowest BCUT2D eigenvalue weighted by atomic mass is 9.98. The fourth-order valence-electron chi connectivity index (χ4n) is 3.16. The molecule has 1 atom stereocenters. The zero-order valence-corrected chi connectivity index (χ0v) is 14.7. The summed E-state index contributed by atoms with van der Waals surface area (Å²) in [6.45, 7) is 5.16. The third-order valence-corrected chi connectivity index (χ3v) is 4.50. The van der Waals surface area contributed by atoms with Crippen molar-refractivity contribution in [3.8, 4) is 11.5 Å². The number of fused-ring (bicyclic) bond motifs is 1. The van der Waals surface area contributed by atoms with E-state index in [1.165, 1.54) is 0 Å². The average molecular weight is 346 g/mol. The van der Waals surface area contributed by atoms with Crippen LogP contribution in [0, 0.1) is 5.92 Å². The number of likely N-dealkylation sites (tertiary alicyclic amines) is 1. The first kappa shape index (κ1) is 17.4. The summed E-state index contributed by atoms with van der Waals surface area (Å²) < 4.78 is 11.3. The number of aliphatic imine (C=N–C) groups is 1. The van der Waals surface area contributed by atoms with Crippen molar-refractivity contribution in [3.63, 3.8) is 0 Å². The van der Waals surface area contributed by atoms with E-state index < -0.39 is 0 Å². The number of carbonyl (C=O) groups excluding carboxylic acids is 1. The molecule has 0 radical (unpaired) electrons. The number of amides is 1. The molecule has 0 aromatic heterocycles. The average Bonchev–Trinajstić information content (AvgIpc) is 2.85. The van der Waals surface area contributed by atoms with Gasteiger partial charge in [-0.25, -0.2) is 0 Å². The summed E-state index contributed by atoms with van der Waals surface area (Å²) in [4.78, 5) is 17.8. The molecule has 7 heteroatoms. The Bertz CT molecular complexity index is 647. The van der Waals surface area contributed by atoms with Gasteiger partial charge in [0.05, 0.1) is 13.2 Å². The first-order valence-electron chi connectivity index (χ1n) is 8.84. The van der Waals surface area contributed by atoms with Gasteiger partial charge in [-0.3, -0.25) is 9.79 Å². The number of nitrogens with two attached hydrogens (primary N) is 1. The van der Waals surface area contributed by atoms with Crippen LogP contribution in [0.2, 0.25) is 0 Å². The lowest BCUT2D eigenvalue weighted by Crippen LogP contribution is -2.39. The van der Waals surface area contributed by atoms with Crippen LogP contribution < -0.4 is 20.5 Å². The van der Waals surface area contributed by atoms with E-state index in [1.54, 1.807) is 6.92 Å². The Labute approximate surface area is 148 Å². The van der Waals surface area contributed by atoms with Crippen LogP contribution in [0.25, 0.3) is 0 Å². The monoisotopic (exact) mass is 346 g/mol. The zero-order chi connectivity index (χ0) is 17.6. The van der Waals surface area contributed by atoms with Crippen LogP contribution in [0.4, 0.5) is 5.69 Å². The molecule has 0 aliphatic carbocycles. The molecule has 1 unspecified atom stereocenters. The van der Waals surface area contributed by atoms with Gasteiger partial charge in [-0.05, 0) is 30.9 Å². The highest BCUT2D eigenvalue weighted by molar-refractivity contribution is 5.92. The maximum atomic E-state index is 11.5. The number of nitrogens with zero attached hydrogens (tertiary/aromatic N) is 2. The molecule has 1 fully saturated rings. The fourth-order valence-corrected chi connectivity index (χ4v) is 3.16. The Balaban J connectivity index is 1.56. The van der Waals surface area contributed by atoms with Crippen LogP contribution in [-0.4, -0.2) is 49.6 Å². The Morgan fingerprint density at radius 2 is 2.12 bits per heavy atom. The van der Waals surface area contributed by atoms with Crippen LogP contribution in [0.15, 0.2) is 23.2 Å². The normalized spacial score (nSPS) is 20.8. The van der Waals surface area contributed by atoms with Gasteiger partial charge in [0.25, 0.3) is 0 Å². The van der Waals surface area contributed by atoms with Crippen molar-refractivity contribution in [1.29, 1.82) is 0 Å². The SMILES string of the molecule is CC(=O)N1CCCC(CN=C(N)Nc2ccc3c(c2)OCCCO3)C1. The Morgan fingerprint density at radius 3 is 2.92 bits per heavy atom. The fraction of sp³-hybridized carbons (Fsp3) is 0.556. The topological polar surface area (TPSA) is 89.2 Å². The Kier molecular flexibility index (Phi) is 5.63. The molecule has 3 rings (SSSR count). The minimum absolute atomic E-state index is 0.131. The Morgan fingerprint density at radius 1 is 1.32 bits per heavy atom. The molecular weight excluding hydrogens is 320 g/mol. The van der Waals surface area contributed by atoms with Gasteiger partial charge in [-0.2, -0.15) is 0 Å². The molecule has 2 aliphatic rings. The van der Waals surface area contributed by atoms with E-state index in [2.05, 4.69) is 10.3 Å². The van der Waals surface area contributed by atoms with Gasteiger partial charge < -0.3 is 25.4 Å². The van der Waals surface area contributed by atoms with Crippen molar-refractivity contribution < 1.29 is 14.3 Å². The van der Waals surface area contributed by atoms with E-state index in [-0.39, 0.29) is 5.91 Å². The summed E-state index contributed by atoms with van der Waals surface area (Å²) >= 11 is 0. The van der Waals surface area contributed by atoms with E-state index in [0.717, 1.165) is 49.5 Å². The number of carbonyl (C=O) groups is 1. The molecule has 3 N–H and O–H groups in total. The minimum atomic E-state index is 0.131. The van der Waals surface area contributed by atoms with E-state index in [1.807, 2.05) is 23.1 Å². The Hall–Kier alpha value is -2.44. The second-order valence-corrected chi connectivity index (χ2v) is 6.54. The summed E-state index contributed by atoms with van der Waals surface area (Å²) in [5, 5.41) is 3.10. The number of rotatable bonds is 3.